The summed E-state index contributed by atoms with van der Waals surface area (Å²) < 4.78 is 0. The van der Waals surface area contributed by atoms with E-state index >= 15 is 0 Å². The zero-order valence-electron chi connectivity index (χ0n) is 6.29. The summed E-state index contributed by atoms with van der Waals surface area (Å²) in [6.07, 6.45) is 0. The van der Waals surface area contributed by atoms with Crippen LogP contribution in [0.3, 0.4) is 0 Å². The molecule has 0 bridgehead atoms. The van der Waals surface area contributed by atoms with Crippen LogP contribution in [-0.4, -0.2) is 13.7 Å². The molecule has 2 radical (unpaired) electrons. The summed E-state index contributed by atoms with van der Waals surface area (Å²) in [5.41, 5.74) is 6.57. The number of nitrogens with zero attached hydrogens (tertiary/aromatic N) is 1. The maximum absolute atomic E-state index is 5.80. The molecule has 60 valence electrons. The van der Waals surface area contributed by atoms with Crippen LogP contribution in [0.4, 0.5) is 0 Å². The summed E-state index contributed by atoms with van der Waals surface area (Å²) in [5, 5.41) is 3.80. The third-order valence-corrected chi connectivity index (χ3v) is 1.74. The van der Waals surface area contributed by atoms with Crippen molar-refractivity contribution < 1.29 is 0 Å². The van der Waals surface area contributed by atoms with Crippen LogP contribution >= 0.6 is 11.6 Å². The van der Waals surface area contributed by atoms with E-state index in [-0.39, 0.29) is 5.84 Å². The molecular weight excluding hydrogens is 172 g/mol. The van der Waals surface area contributed by atoms with E-state index in [0.717, 1.165) is 0 Å². The molecule has 12 heavy (non-hydrogen) atoms. The van der Waals surface area contributed by atoms with Crippen molar-refractivity contribution in [3.8, 4) is 0 Å². The zero-order chi connectivity index (χ0) is 9.14. The Labute approximate surface area is 76.8 Å². The third kappa shape index (κ3) is 1.71. The molecule has 0 aliphatic rings. The van der Waals surface area contributed by atoms with Crippen molar-refractivity contribution in [1.82, 2.24) is 0 Å². The van der Waals surface area contributed by atoms with Gasteiger partial charge >= 0.3 is 0 Å². The van der Waals surface area contributed by atoms with E-state index in [2.05, 4.69) is 5.10 Å². The number of hydrogen-bond donors (Lipinski definition) is 2. The summed E-state index contributed by atoms with van der Waals surface area (Å²) in [6.45, 7) is 0. The lowest BCUT2D eigenvalue weighted by molar-refractivity contribution is 1.23. The van der Waals surface area contributed by atoms with Gasteiger partial charge in [-0.25, -0.2) is 0 Å². The zero-order valence-corrected chi connectivity index (χ0v) is 7.05. The fourth-order valence-electron chi connectivity index (χ4n) is 0.809. The number of hydrazone groups is 1. The van der Waals surface area contributed by atoms with Crippen LogP contribution in [0.15, 0.2) is 23.3 Å². The molecule has 1 rings (SSSR count). The van der Waals surface area contributed by atoms with Crippen molar-refractivity contribution in [2.75, 3.05) is 0 Å². The SMILES string of the molecule is [B]c1ccc(Cl)c(/C(N)=N/N)c1. The summed E-state index contributed by atoms with van der Waals surface area (Å²) in [7, 11) is 5.51. The number of hydrogen-bond acceptors (Lipinski definition) is 2. The minimum atomic E-state index is 0.173. The van der Waals surface area contributed by atoms with Gasteiger partial charge in [0.2, 0.25) is 0 Å². The molecule has 0 aliphatic carbocycles. The van der Waals surface area contributed by atoms with Crippen molar-refractivity contribution in [3.05, 3.63) is 28.8 Å². The summed E-state index contributed by atoms with van der Waals surface area (Å²) in [4.78, 5) is 0. The number of halogens is 1. The smallest absolute Gasteiger partial charge is 0.151 e. The van der Waals surface area contributed by atoms with Gasteiger partial charge in [0.25, 0.3) is 0 Å². The van der Waals surface area contributed by atoms with Crippen LogP contribution in [0.2, 0.25) is 5.02 Å². The van der Waals surface area contributed by atoms with Crippen molar-refractivity contribution >= 4 is 30.7 Å². The Bertz CT molecular complexity index is 324. The van der Waals surface area contributed by atoms with Crippen molar-refractivity contribution in [1.29, 1.82) is 0 Å². The Morgan fingerprint density at radius 1 is 1.50 bits per heavy atom. The molecule has 0 heterocycles. The molecule has 0 saturated heterocycles. The van der Waals surface area contributed by atoms with Gasteiger partial charge in [-0.15, -0.1) is 0 Å². The van der Waals surface area contributed by atoms with Crippen LogP contribution in [0.1, 0.15) is 5.56 Å². The first-order valence-electron chi connectivity index (χ1n) is 3.24. The normalized spacial score (nSPS) is 11.6. The number of rotatable bonds is 1. The van der Waals surface area contributed by atoms with Crippen LogP contribution in [-0.2, 0) is 0 Å². The Balaban J connectivity index is 3.23. The van der Waals surface area contributed by atoms with E-state index in [1.165, 1.54) is 0 Å². The van der Waals surface area contributed by atoms with Crippen LogP contribution < -0.4 is 17.0 Å². The largest absolute Gasteiger partial charge is 0.382 e. The van der Waals surface area contributed by atoms with Gasteiger partial charge in [0.15, 0.2) is 5.84 Å². The van der Waals surface area contributed by atoms with Gasteiger partial charge in [-0.05, 0) is 6.07 Å². The highest BCUT2D eigenvalue weighted by Crippen LogP contribution is 2.12. The predicted octanol–water partition coefficient (Wildman–Crippen LogP) is -0.287. The molecule has 0 amide bonds. The van der Waals surface area contributed by atoms with Crippen molar-refractivity contribution in [3.63, 3.8) is 0 Å². The van der Waals surface area contributed by atoms with Gasteiger partial charge < -0.3 is 11.6 Å². The summed E-state index contributed by atoms with van der Waals surface area (Å²) >= 11 is 5.80. The Hall–Kier alpha value is -1.16. The van der Waals surface area contributed by atoms with Crippen LogP contribution in [0, 0.1) is 0 Å². The maximum Gasteiger partial charge on any atom is 0.151 e. The van der Waals surface area contributed by atoms with Gasteiger partial charge in [-0.1, -0.05) is 29.2 Å². The summed E-state index contributed by atoms with van der Waals surface area (Å²) in [5.74, 6) is 5.16. The topological polar surface area (TPSA) is 64.4 Å². The van der Waals surface area contributed by atoms with Gasteiger partial charge in [-0.2, -0.15) is 5.10 Å². The van der Waals surface area contributed by atoms with Crippen LogP contribution in [0.5, 0.6) is 0 Å². The van der Waals surface area contributed by atoms with Crippen molar-refractivity contribution in [2.24, 2.45) is 16.7 Å². The second kappa shape index (κ2) is 3.49. The average molecular weight is 179 g/mol. The van der Waals surface area contributed by atoms with Gasteiger partial charge in [0.1, 0.15) is 7.85 Å². The first-order chi connectivity index (χ1) is 5.65. The highest BCUT2D eigenvalue weighted by molar-refractivity contribution is 6.37. The average Bonchev–Trinajstić information content (AvgIpc) is 2.08. The molecule has 5 heteroatoms. The van der Waals surface area contributed by atoms with Gasteiger partial charge in [0, 0.05) is 5.56 Å². The fraction of sp³-hybridized carbons (Fsp3) is 0. The first kappa shape index (κ1) is 8.94. The fourth-order valence-corrected chi connectivity index (χ4v) is 1.02. The minimum absolute atomic E-state index is 0.173. The van der Waals surface area contributed by atoms with E-state index in [1.54, 1.807) is 18.2 Å². The molecule has 0 unspecified atom stereocenters. The number of amidine groups is 1. The van der Waals surface area contributed by atoms with E-state index in [9.17, 15) is 0 Å². The lowest BCUT2D eigenvalue weighted by atomic mass is 9.94. The second-order valence-corrected chi connectivity index (χ2v) is 2.66. The third-order valence-electron chi connectivity index (χ3n) is 1.41. The minimum Gasteiger partial charge on any atom is -0.382 e. The second-order valence-electron chi connectivity index (χ2n) is 2.25. The molecule has 0 aromatic heterocycles. The molecule has 4 N–H and O–H groups in total. The van der Waals surface area contributed by atoms with E-state index < -0.39 is 0 Å². The monoisotopic (exact) mass is 179 g/mol. The summed E-state index contributed by atoms with van der Waals surface area (Å²) in [6, 6.07) is 4.94. The van der Waals surface area contributed by atoms with Crippen molar-refractivity contribution in [2.45, 2.75) is 0 Å². The van der Waals surface area contributed by atoms with E-state index in [4.69, 9.17) is 31.0 Å². The Morgan fingerprint density at radius 3 is 2.75 bits per heavy atom. The molecule has 0 atom stereocenters. The highest BCUT2D eigenvalue weighted by Gasteiger charge is 2.03. The Morgan fingerprint density at radius 2 is 2.17 bits per heavy atom. The predicted molar refractivity (Wildman–Crippen MR) is 51.8 cm³/mol. The van der Waals surface area contributed by atoms with Gasteiger partial charge in [0.05, 0.1) is 5.02 Å². The maximum atomic E-state index is 5.80. The number of benzene rings is 1. The molecular formula is C7H7BClN3. The molecule has 3 nitrogen and oxygen atoms in total. The molecule has 0 fully saturated rings. The lowest BCUT2D eigenvalue weighted by Gasteiger charge is -2.03. The molecule has 0 spiro atoms. The lowest BCUT2D eigenvalue weighted by Crippen LogP contribution is -2.18. The van der Waals surface area contributed by atoms with Gasteiger partial charge in [-0.3, -0.25) is 0 Å². The quantitative estimate of drug-likeness (QED) is 0.205. The standard InChI is InChI=1S/C7H7BClN3/c8-4-1-2-6(9)5(3-4)7(10)12-11/h1-3H,11H2,(H2,10,12). The Kier molecular flexibility index (Phi) is 2.60. The van der Waals surface area contributed by atoms with Crippen LogP contribution in [0.25, 0.3) is 0 Å². The van der Waals surface area contributed by atoms with E-state index in [1.807, 2.05) is 0 Å². The molecule has 1 aromatic carbocycles. The molecule has 1 aromatic rings. The molecule has 0 aliphatic heterocycles. The first-order valence-corrected chi connectivity index (χ1v) is 3.61. The van der Waals surface area contributed by atoms with E-state index in [0.29, 0.717) is 16.0 Å². The number of nitrogens with two attached hydrogens (primary N) is 2. The highest BCUT2D eigenvalue weighted by atomic mass is 35.5. The molecule has 0 saturated carbocycles.